The SMILES string of the molecule is COCCN(c1ncccc1NC(C)C)C1CCN(C(=O)c2cc3ccccc3[nH]2)CC1. The second kappa shape index (κ2) is 10.0. The summed E-state index contributed by atoms with van der Waals surface area (Å²) >= 11 is 0. The van der Waals surface area contributed by atoms with Gasteiger partial charge in [-0.1, -0.05) is 18.2 Å². The van der Waals surface area contributed by atoms with Gasteiger partial charge < -0.3 is 24.8 Å². The van der Waals surface area contributed by atoms with Gasteiger partial charge in [0.1, 0.15) is 5.69 Å². The zero-order chi connectivity index (χ0) is 22.5. The van der Waals surface area contributed by atoms with E-state index in [2.05, 4.69) is 35.1 Å². The van der Waals surface area contributed by atoms with Crippen molar-refractivity contribution >= 4 is 28.3 Å². The number of para-hydroxylation sites is 1. The number of ether oxygens (including phenoxy) is 1. The molecule has 170 valence electrons. The Labute approximate surface area is 189 Å². The van der Waals surface area contributed by atoms with Crippen LogP contribution in [0.1, 0.15) is 37.2 Å². The Morgan fingerprint density at radius 1 is 1.25 bits per heavy atom. The maximum absolute atomic E-state index is 13.1. The Morgan fingerprint density at radius 2 is 2.03 bits per heavy atom. The third-order valence-electron chi connectivity index (χ3n) is 5.99. The minimum absolute atomic E-state index is 0.0723. The van der Waals surface area contributed by atoms with E-state index in [1.54, 1.807) is 7.11 Å². The largest absolute Gasteiger partial charge is 0.383 e. The molecule has 0 bridgehead atoms. The molecule has 3 heterocycles. The topological polar surface area (TPSA) is 73.5 Å². The highest BCUT2D eigenvalue weighted by Crippen LogP contribution is 2.29. The smallest absolute Gasteiger partial charge is 0.270 e. The fourth-order valence-corrected chi connectivity index (χ4v) is 4.44. The minimum Gasteiger partial charge on any atom is -0.383 e. The number of carbonyl (C=O) groups is 1. The number of likely N-dealkylation sites (tertiary alicyclic amines) is 1. The van der Waals surface area contributed by atoms with Crippen LogP contribution in [-0.2, 0) is 4.74 Å². The first-order valence-electron chi connectivity index (χ1n) is 11.4. The van der Waals surface area contributed by atoms with Gasteiger partial charge in [-0.2, -0.15) is 0 Å². The molecule has 1 aromatic carbocycles. The quantitative estimate of drug-likeness (QED) is 0.556. The van der Waals surface area contributed by atoms with Crippen LogP contribution in [0.2, 0.25) is 0 Å². The first kappa shape index (κ1) is 22.1. The lowest BCUT2D eigenvalue weighted by atomic mass is 10.0. The number of H-pyrrole nitrogens is 1. The summed E-state index contributed by atoms with van der Waals surface area (Å²) in [5, 5.41) is 4.58. The van der Waals surface area contributed by atoms with Crippen LogP contribution in [0.3, 0.4) is 0 Å². The number of fused-ring (bicyclic) bond motifs is 1. The van der Waals surface area contributed by atoms with Crippen molar-refractivity contribution in [1.82, 2.24) is 14.9 Å². The van der Waals surface area contributed by atoms with Gasteiger partial charge in [0.15, 0.2) is 5.82 Å². The molecule has 0 saturated carbocycles. The van der Waals surface area contributed by atoms with E-state index in [-0.39, 0.29) is 5.91 Å². The lowest BCUT2D eigenvalue weighted by Gasteiger charge is -2.39. The van der Waals surface area contributed by atoms with Crippen molar-refractivity contribution in [2.24, 2.45) is 0 Å². The number of nitrogens with zero attached hydrogens (tertiary/aromatic N) is 3. The van der Waals surface area contributed by atoms with E-state index in [4.69, 9.17) is 9.72 Å². The molecule has 32 heavy (non-hydrogen) atoms. The van der Waals surface area contributed by atoms with Crippen molar-refractivity contribution in [2.75, 3.05) is 43.6 Å². The van der Waals surface area contributed by atoms with Crippen LogP contribution >= 0.6 is 0 Å². The Balaban J connectivity index is 1.47. The molecule has 0 unspecified atom stereocenters. The number of piperidine rings is 1. The Hall–Kier alpha value is -3.06. The van der Waals surface area contributed by atoms with Gasteiger partial charge >= 0.3 is 0 Å². The third-order valence-corrected chi connectivity index (χ3v) is 5.99. The molecule has 0 atom stereocenters. The van der Waals surface area contributed by atoms with E-state index in [1.165, 1.54) is 0 Å². The van der Waals surface area contributed by atoms with Crippen molar-refractivity contribution in [3.63, 3.8) is 0 Å². The van der Waals surface area contributed by atoms with Gasteiger partial charge in [-0.3, -0.25) is 4.79 Å². The molecule has 1 aliphatic heterocycles. The summed E-state index contributed by atoms with van der Waals surface area (Å²) in [4.78, 5) is 25.4. The highest BCUT2D eigenvalue weighted by Gasteiger charge is 2.29. The predicted octanol–water partition coefficient (Wildman–Crippen LogP) is 4.14. The molecule has 1 fully saturated rings. The van der Waals surface area contributed by atoms with Crippen molar-refractivity contribution < 1.29 is 9.53 Å². The number of methoxy groups -OCH3 is 1. The number of rotatable bonds is 8. The third kappa shape index (κ3) is 4.88. The summed E-state index contributed by atoms with van der Waals surface area (Å²) in [5.41, 5.74) is 2.70. The molecule has 1 amide bonds. The molecule has 2 aromatic heterocycles. The monoisotopic (exact) mass is 435 g/mol. The number of carbonyl (C=O) groups excluding carboxylic acids is 1. The second-order valence-electron chi connectivity index (χ2n) is 8.65. The van der Waals surface area contributed by atoms with E-state index in [0.29, 0.717) is 24.4 Å². The zero-order valence-corrected chi connectivity index (χ0v) is 19.2. The summed E-state index contributed by atoms with van der Waals surface area (Å²) in [7, 11) is 1.73. The highest BCUT2D eigenvalue weighted by atomic mass is 16.5. The van der Waals surface area contributed by atoms with Gasteiger partial charge in [0.25, 0.3) is 5.91 Å². The van der Waals surface area contributed by atoms with E-state index in [0.717, 1.165) is 54.9 Å². The molecule has 1 aliphatic rings. The van der Waals surface area contributed by atoms with Crippen LogP contribution in [-0.4, -0.2) is 66.2 Å². The van der Waals surface area contributed by atoms with Crippen LogP contribution in [0.15, 0.2) is 48.7 Å². The van der Waals surface area contributed by atoms with Crippen LogP contribution in [0.5, 0.6) is 0 Å². The number of pyridine rings is 1. The predicted molar refractivity (Wildman–Crippen MR) is 129 cm³/mol. The standard InChI is InChI=1S/C25H33N5O2/c1-18(2)27-22-9-6-12-26-24(22)30(15-16-32-3)20-10-13-29(14-11-20)25(31)23-17-19-7-4-5-8-21(19)28-23/h4-9,12,17-18,20,27-28H,10-11,13-16H2,1-3H3. The fourth-order valence-electron chi connectivity index (χ4n) is 4.44. The average Bonchev–Trinajstić information content (AvgIpc) is 3.24. The molecule has 7 heteroatoms. The second-order valence-corrected chi connectivity index (χ2v) is 8.65. The molecule has 2 N–H and O–H groups in total. The highest BCUT2D eigenvalue weighted by molar-refractivity contribution is 5.98. The first-order valence-corrected chi connectivity index (χ1v) is 11.4. The Kier molecular flexibility index (Phi) is 6.95. The summed E-state index contributed by atoms with van der Waals surface area (Å²) in [6, 6.07) is 14.6. The maximum atomic E-state index is 13.1. The zero-order valence-electron chi connectivity index (χ0n) is 19.2. The molecule has 0 radical (unpaired) electrons. The number of aromatic amines is 1. The van der Waals surface area contributed by atoms with Gasteiger partial charge in [-0.05, 0) is 51.0 Å². The lowest BCUT2D eigenvalue weighted by Crippen LogP contribution is -2.48. The van der Waals surface area contributed by atoms with Crippen molar-refractivity contribution in [1.29, 1.82) is 0 Å². The number of anilines is 2. The summed E-state index contributed by atoms with van der Waals surface area (Å²) < 4.78 is 5.39. The van der Waals surface area contributed by atoms with Gasteiger partial charge in [0.05, 0.1) is 12.3 Å². The number of aromatic nitrogens is 2. The van der Waals surface area contributed by atoms with E-state index < -0.39 is 0 Å². The van der Waals surface area contributed by atoms with E-state index >= 15 is 0 Å². The minimum atomic E-state index is 0.0723. The first-order chi connectivity index (χ1) is 15.6. The van der Waals surface area contributed by atoms with Gasteiger partial charge in [0, 0.05) is 55.9 Å². The molecule has 1 saturated heterocycles. The Bertz CT molecular complexity index is 1010. The average molecular weight is 436 g/mol. The van der Waals surface area contributed by atoms with Crippen LogP contribution in [0, 0.1) is 0 Å². The summed E-state index contributed by atoms with van der Waals surface area (Å²) in [6.45, 7) is 7.10. The van der Waals surface area contributed by atoms with E-state index in [9.17, 15) is 4.79 Å². The van der Waals surface area contributed by atoms with E-state index in [1.807, 2.05) is 47.5 Å². The van der Waals surface area contributed by atoms with Crippen LogP contribution in [0.4, 0.5) is 11.5 Å². The van der Waals surface area contributed by atoms with Gasteiger partial charge in [-0.15, -0.1) is 0 Å². The van der Waals surface area contributed by atoms with Crippen LogP contribution < -0.4 is 10.2 Å². The molecule has 0 aliphatic carbocycles. The summed E-state index contributed by atoms with van der Waals surface area (Å²) in [6.07, 6.45) is 3.63. The number of amides is 1. The number of nitrogens with one attached hydrogen (secondary N) is 2. The fraction of sp³-hybridized carbons (Fsp3) is 0.440. The number of hydrogen-bond donors (Lipinski definition) is 2. The molecule has 7 nitrogen and oxygen atoms in total. The lowest BCUT2D eigenvalue weighted by molar-refractivity contribution is 0.0705. The Morgan fingerprint density at radius 3 is 2.75 bits per heavy atom. The maximum Gasteiger partial charge on any atom is 0.270 e. The summed E-state index contributed by atoms with van der Waals surface area (Å²) in [5.74, 6) is 1.03. The molecule has 0 spiro atoms. The molecule has 4 rings (SSSR count). The number of benzene rings is 1. The van der Waals surface area contributed by atoms with Crippen molar-refractivity contribution in [3.05, 3.63) is 54.4 Å². The molecular formula is C25H33N5O2. The molecule has 3 aromatic rings. The normalized spacial score (nSPS) is 14.8. The van der Waals surface area contributed by atoms with Gasteiger partial charge in [-0.25, -0.2) is 4.98 Å². The van der Waals surface area contributed by atoms with Crippen molar-refractivity contribution in [3.8, 4) is 0 Å². The van der Waals surface area contributed by atoms with Crippen molar-refractivity contribution in [2.45, 2.75) is 38.8 Å². The van der Waals surface area contributed by atoms with Crippen LogP contribution in [0.25, 0.3) is 10.9 Å². The molecular weight excluding hydrogens is 402 g/mol. The number of hydrogen-bond acceptors (Lipinski definition) is 5. The van der Waals surface area contributed by atoms with Gasteiger partial charge in [0.2, 0.25) is 0 Å².